The van der Waals surface area contributed by atoms with Crippen LogP contribution in [-0.4, -0.2) is 72.6 Å². The Bertz CT molecular complexity index is 559. The Kier molecular flexibility index (Phi) is 6.86. The number of guanidine groups is 1. The Hall–Kier alpha value is -1.66. The Morgan fingerprint density at radius 1 is 1.19 bits per heavy atom. The summed E-state index contributed by atoms with van der Waals surface area (Å²) in [6, 6.07) is 6.00. The number of nitrogens with zero attached hydrogens (tertiary/aromatic N) is 4. The van der Waals surface area contributed by atoms with Crippen LogP contribution in [0.4, 0.5) is 0 Å². The van der Waals surface area contributed by atoms with Gasteiger partial charge < -0.3 is 16.0 Å². The summed E-state index contributed by atoms with van der Waals surface area (Å²) in [7, 11) is 2.22. The van der Waals surface area contributed by atoms with E-state index in [0.717, 1.165) is 38.3 Å². The summed E-state index contributed by atoms with van der Waals surface area (Å²) >= 11 is 0. The van der Waals surface area contributed by atoms with Crippen LogP contribution in [0.3, 0.4) is 0 Å². The summed E-state index contributed by atoms with van der Waals surface area (Å²) in [6.07, 6.45) is 9.07. The van der Waals surface area contributed by atoms with Crippen molar-refractivity contribution in [3.63, 3.8) is 0 Å². The van der Waals surface area contributed by atoms with Gasteiger partial charge in [0.2, 0.25) is 0 Å². The first-order valence-corrected chi connectivity index (χ1v) is 10.1. The van der Waals surface area contributed by atoms with E-state index < -0.39 is 0 Å². The van der Waals surface area contributed by atoms with Crippen molar-refractivity contribution in [1.82, 2.24) is 20.1 Å². The third-order valence-corrected chi connectivity index (χ3v) is 5.90. The highest BCUT2D eigenvalue weighted by Gasteiger charge is 2.39. The van der Waals surface area contributed by atoms with Crippen LogP contribution in [0.15, 0.2) is 29.4 Å². The molecule has 1 aromatic heterocycles. The second-order valence-corrected chi connectivity index (χ2v) is 7.77. The predicted octanol–water partition coefficient (Wildman–Crippen LogP) is 1.48. The average Bonchev–Trinajstić information content (AvgIpc) is 2.69. The van der Waals surface area contributed by atoms with Crippen LogP contribution in [0.5, 0.6) is 0 Å². The third-order valence-electron chi connectivity index (χ3n) is 5.90. The van der Waals surface area contributed by atoms with Gasteiger partial charge in [-0.3, -0.25) is 14.9 Å². The normalized spacial score (nSPS) is 22.3. The standard InChI is InChI=1S/C20H34N6/c1-25-15-9-20(10-16-25,26-13-5-2-6-14-26)17-24-19(21)23-12-8-18-7-3-4-11-22-18/h3-4,7,11H,2,5-6,8-10,12-17H2,1H3,(H3,21,23,24). The Morgan fingerprint density at radius 3 is 2.65 bits per heavy atom. The average molecular weight is 359 g/mol. The fourth-order valence-corrected chi connectivity index (χ4v) is 4.13. The highest BCUT2D eigenvalue weighted by Crippen LogP contribution is 2.31. The number of nitrogens with two attached hydrogens (primary N) is 1. The molecule has 1 aromatic rings. The molecular formula is C20H34N6. The molecule has 0 saturated carbocycles. The maximum absolute atomic E-state index is 6.16. The van der Waals surface area contributed by atoms with Crippen LogP contribution in [0.2, 0.25) is 0 Å². The van der Waals surface area contributed by atoms with Gasteiger partial charge in [0.05, 0.1) is 6.54 Å². The van der Waals surface area contributed by atoms with Crippen LogP contribution in [-0.2, 0) is 6.42 Å². The highest BCUT2D eigenvalue weighted by molar-refractivity contribution is 5.77. The van der Waals surface area contributed by atoms with Crippen LogP contribution in [0.1, 0.15) is 37.8 Å². The van der Waals surface area contributed by atoms with Crippen LogP contribution in [0.25, 0.3) is 0 Å². The van der Waals surface area contributed by atoms with E-state index in [4.69, 9.17) is 10.7 Å². The van der Waals surface area contributed by atoms with Crippen molar-refractivity contribution >= 4 is 5.96 Å². The first-order valence-electron chi connectivity index (χ1n) is 10.1. The van der Waals surface area contributed by atoms with Crippen molar-refractivity contribution in [3.8, 4) is 0 Å². The maximum Gasteiger partial charge on any atom is 0.188 e. The van der Waals surface area contributed by atoms with Gasteiger partial charge in [-0.05, 0) is 71.0 Å². The molecule has 3 rings (SSSR count). The smallest absolute Gasteiger partial charge is 0.188 e. The molecule has 2 fully saturated rings. The van der Waals surface area contributed by atoms with Gasteiger partial charge in [-0.1, -0.05) is 12.5 Å². The molecule has 2 saturated heterocycles. The predicted molar refractivity (Wildman–Crippen MR) is 107 cm³/mol. The maximum atomic E-state index is 6.16. The van der Waals surface area contributed by atoms with Gasteiger partial charge in [-0.15, -0.1) is 0 Å². The quantitative estimate of drug-likeness (QED) is 0.595. The first kappa shape index (κ1) is 19.1. The van der Waals surface area contributed by atoms with Crippen molar-refractivity contribution in [2.75, 3.05) is 46.3 Å². The van der Waals surface area contributed by atoms with Gasteiger partial charge >= 0.3 is 0 Å². The minimum absolute atomic E-state index is 0.195. The summed E-state index contributed by atoms with van der Waals surface area (Å²) in [5, 5.41) is 3.26. The summed E-state index contributed by atoms with van der Waals surface area (Å²) in [6.45, 7) is 6.31. The van der Waals surface area contributed by atoms with Crippen molar-refractivity contribution in [2.24, 2.45) is 10.7 Å². The van der Waals surface area contributed by atoms with Gasteiger partial charge in [0.25, 0.3) is 0 Å². The second-order valence-electron chi connectivity index (χ2n) is 7.77. The lowest BCUT2D eigenvalue weighted by molar-refractivity contribution is 0.0208. The van der Waals surface area contributed by atoms with Crippen LogP contribution < -0.4 is 11.1 Å². The summed E-state index contributed by atoms with van der Waals surface area (Å²) in [5.41, 5.74) is 7.43. The van der Waals surface area contributed by atoms with Gasteiger partial charge in [-0.2, -0.15) is 0 Å². The Morgan fingerprint density at radius 2 is 1.96 bits per heavy atom. The fraction of sp³-hybridized carbons (Fsp3) is 0.700. The number of hydrogen-bond donors (Lipinski definition) is 2. The molecule has 0 aliphatic carbocycles. The topological polar surface area (TPSA) is 69.8 Å². The second kappa shape index (κ2) is 9.33. The molecule has 0 radical (unpaired) electrons. The largest absolute Gasteiger partial charge is 0.370 e. The van der Waals surface area contributed by atoms with E-state index >= 15 is 0 Å². The fourth-order valence-electron chi connectivity index (χ4n) is 4.13. The minimum Gasteiger partial charge on any atom is -0.370 e. The number of pyridine rings is 1. The van der Waals surface area contributed by atoms with E-state index in [-0.39, 0.29) is 5.54 Å². The lowest BCUT2D eigenvalue weighted by atomic mass is 9.84. The molecule has 144 valence electrons. The molecule has 6 heteroatoms. The summed E-state index contributed by atoms with van der Waals surface area (Å²) < 4.78 is 0. The number of aliphatic imine (C=N–C) groups is 1. The zero-order chi connectivity index (χ0) is 18.2. The zero-order valence-electron chi connectivity index (χ0n) is 16.2. The van der Waals surface area contributed by atoms with E-state index in [1.807, 2.05) is 24.4 Å². The van der Waals surface area contributed by atoms with Crippen LogP contribution >= 0.6 is 0 Å². The molecule has 3 heterocycles. The number of nitrogens with one attached hydrogen (secondary N) is 1. The van der Waals surface area contributed by atoms with E-state index in [1.165, 1.54) is 45.2 Å². The lowest BCUT2D eigenvalue weighted by Crippen LogP contribution is -2.58. The molecule has 2 aliphatic heterocycles. The third kappa shape index (κ3) is 5.17. The van der Waals surface area contributed by atoms with Crippen molar-refractivity contribution in [2.45, 2.75) is 44.1 Å². The molecule has 26 heavy (non-hydrogen) atoms. The molecular weight excluding hydrogens is 324 g/mol. The van der Waals surface area contributed by atoms with Crippen molar-refractivity contribution < 1.29 is 0 Å². The van der Waals surface area contributed by atoms with Crippen LogP contribution in [0, 0.1) is 0 Å². The Balaban J connectivity index is 1.54. The molecule has 3 N–H and O–H groups in total. The van der Waals surface area contributed by atoms with Gasteiger partial charge in [0, 0.05) is 30.4 Å². The van der Waals surface area contributed by atoms with Crippen molar-refractivity contribution in [3.05, 3.63) is 30.1 Å². The molecule has 2 aliphatic rings. The highest BCUT2D eigenvalue weighted by atomic mass is 15.3. The SMILES string of the molecule is CN1CCC(CN=C(N)NCCc2ccccn2)(N2CCCCC2)CC1. The monoisotopic (exact) mass is 358 g/mol. The molecule has 0 spiro atoms. The molecule has 0 atom stereocenters. The van der Waals surface area contributed by atoms with E-state index in [0.29, 0.717) is 5.96 Å². The number of piperidine rings is 2. The minimum atomic E-state index is 0.195. The molecule has 0 aromatic carbocycles. The summed E-state index contributed by atoms with van der Waals surface area (Å²) in [5.74, 6) is 0.566. The number of hydrogen-bond acceptors (Lipinski definition) is 4. The lowest BCUT2D eigenvalue weighted by Gasteiger charge is -2.49. The van der Waals surface area contributed by atoms with Gasteiger partial charge in [-0.25, -0.2) is 0 Å². The van der Waals surface area contributed by atoms with Crippen molar-refractivity contribution in [1.29, 1.82) is 0 Å². The zero-order valence-corrected chi connectivity index (χ0v) is 16.2. The van der Waals surface area contributed by atoms with E-state index in [9.17, 15) is 0 Å². The summed E-state index contributed by atoms with van der Waals surface area (Å²) in [4.78, 5) is 14.2. The first-order chi connectivity index (χ1) is 12.7. The molecule has 6 nitrogen and oxygen atoms in total. The molecule has 0 amide bonds. The van der Waals surface area contributed by atoms with E-state index in [2.05, 4.69) is 27.1 Å². The number of likely N-dealkylation sites (tertiary alicyclic amines) is 2. The van der Waals surface area contributed by atoms with Gasteiger partial charge in [0.15, 0.2) is 5.96 Å². The van der Waals surface area contributed by atoms with E-state index in [1.54, 1.807) is 0 Å². The van der Waals surface area contributed by atoms with Gasteiger partial charge in [0.1, 0.15) is 0 Å². The Labute approximate surface area is 157 Å². The molecule has 0 bridgehead atoms. The number of aromatic nitrogens is 1. The number of rotatable bonds is 6. The molecule has 0 unspecified atom stereocenters.